The fraction of sp³-hybridized carbons (Fsp3) is 0.190. The highest BCUT2D eigenvalue weighted by molar-refractivity contribution is 6.41. The van der Waals surface area contributed by atoms with Crippen LogP contribution in [0, 0.1) is 6.92 Å². The van der Waals surface area contributed by atoms with E-state index in [-0.39, 0.29) is 18.9 Å². The average Bonchev–Trinajstić information content (AvgIpc) is 2.68. The van der Waals surface area contributed by atoms with Crippen molar-refractivity contribution in [1.29, 1.82) is 0 Å². The average molecular weight is 367 g/mol. The molecule has 2 rings (SSSR count). The van der Waals surface area contributed by atoms with E-state index in [1.165, 1.54) is 6.08 Å². The van der Waals surface area contributed by atoms with Crippen LogP contribution in [0.15, 0.2) is 60.3 Å². The Hall–Kier alpha value is -3.41. The molecule has 2 aromatic rings. The molecule has 0 radical (unpaired) electrons. The molecule has 0 aliphatic carbocycles. The van der Waals surface area contributed by atoms with Crippen molar-refractivity contribution in [1.82, 2.24) is 5.32 Å². The zero-order chi connectivity index (χ0) is 19.6. The van der Waals surface area contributed by atoms with Crippen molar-refractivity contribution < 1.29 is 23.9 Å². The lowest BCUT2D eigenvalue weighted by molar-refractivity contribution is -0.151. The third-order valence-electron chi connectivity index (χ3n) is 3.54. The molecular formula is C21H21NO5. The van der Waals surface area contributed by atoms with Crippen molar-refractivity contribution in [3.63, 3.8) is 0 Å². The number of carbonyl (C=O) groups excluding carboxylic acids is 3. The summed E-state index contributed by atoms with van der Waals surface area (Å²) in [5.74, 6) is -1.99. The van der Waals surface area contributed by atoms with Crippen LogP contribution in [-0.2, 0) is 25.7 Å². The van der Waals surface area contributed by atoms with Crippen LogP contribution in [0.3, 0.4) is 0 Å². The standard InChI is InChI=1S/C21H21NO5/c1-3-26-20(24)19(23)18(13-16-11-9-15(2)10-12-16)22-21(25)27-14-17-7-5-4-6-8-17/h4-13H,3,14H2,1-2H3,(H,22,25)/b18-13-. The maximum absolute atomic E-state index is 12.3. The Morgan fingerprint density at radius 1 is 0.963 bits per heavy atom. The Labute approximate surface area is 157 Å². The second kappa shape index (κ2) is 9.91. The monoisotopic (exact) mass is 367 g/mol. The van der Waals surface area contributed by atoms with Crippen LogP contribution in [-0.4, -0.2) is 24.5 Å². The minimum Gasteiger partial charge on any atom is -0.460 e. The van der Waals surface area contributed by atoms with Gasteiger partial charge in [0.05, 0.1) is 12.3 Å². The summed E-state index contributed by atoms with van der Waals surface area (Å²) < 4.78 is 9.84. The van der Waals surface area contributed by atoms with Gasteiger partial charge in [-0.1, -0.05) is 60.2 Å². The van der Waals surface area contributed by atoms with Gasteiger partial charge in [-0.15, -0.1) is 0 Å². The van der Waals surface area contributed by atoms with Crippen molar-refractivity contribution >= 4 is 23.9 Å². The number of hydrogen-bond acceptors (Lipinski definition) is 5. The summed E-state index contributed by atoms with van der Waals surface area (Å²) in [6.45, 7) is 3.62. The number of benzene rings is 2. The SMILES string of the molecule is CCOC(=O)C(=O)/C(=C/c1ccc(C)cc1)NC(=O)OCc1ccccc1. The molecule has 1 N–H and O–H groups in total. The minimum absolute atomic E-state index is 0.0398. The predicted molar refractivity (Wildman–Crippen MR) is 101 cm³/mol. The fourth-order valence-electron chi connectivity index (χ4n) is 2.16. The molecule has 0 spiro atoms. The lowest BCUT2D eigenvalue weighted by Crippen LogP contribution is -2.32. The molecule has 0 heterocycles. The van der Waals surface area contributed by atoms with E-state index in [1.807, 2.05) is 37.3 Å². The van der Waals surface area contributed by atoms with Crippen molar-refractivity contribution in [2.45, 2.75) is 20.5 Å². The smallest absolute Gasteiger partial charge is 0.412 e. The summed E-state index contributed by atoms with van der Waals surface area (Å²) in [4.78, 5) is 36.2. The van der Waals surface area contributed by atoms with Gasteiger partial charge in [0.25, 0.3) is 5.78 Å². The van der Waals surface area contributed by atoms with E-state index in [4.69, 9.17) is 9.47 Å². The third-order valence-corrected chi connectivity index (χ3v) is 3.54. The van der Waals surface area contributed by atoms with Crippen LogP contribution in [0.25, 0.3) is 6.08 Å². The molecule has 0 saturated carbocycles. The maximum Gasteiger partial charge on any atom is 0.412 e. The van der Waals surface area contributed by atoms with E-state index in [0.717, 1.165) is 11.1 Å². The Bertz CT molecular complexity index is 825. The van der Waals surface area contributed by atoms with E-state index < -0.39 is 17.8 Å². The first-order valence-corrected chi connectivity index (χ1v) is 8.47. The quantitative estimate of drug-likeness (QED) is 0.461. The van der Waals surface area contributed by atoms with Gasteiger partial charge >= 0.3 is 12.1 Å². The van der Waals surface area contributed by atoms with Gasteiger partial charge in [-0.3, -0.25) is 10.1 Å². The van der Waals surface area contributed by atoms with E-state index >= 15 is 0 Å². The van der Waals surface area contributed by atoms with Gasteiger partial charge in [0.15, 0.2) is 0 Å². The highest BCUT2D eigenvalue weighted by Gasteiger charge is 2.22. The second-order valence-electron chi connectivity index (χ2n) is 5.71. The molecule has 2 aromatic carbocycles. The number of amides is 1. The predicted octanol–water partition coefficient (Wildman–Crippen LogP) is 3.39. The van der Waals surface area contributed by atoms with Crippen LogP contribution in [0.2, 0.25) is 0 Å². The molecule has 0 aliphatic rings. The Kier molecular flexibility index (Phi) is 7.31. The number of rotatable bonds is 7. The zero-order valence-corrected chi connectivity index (χ0v) is 15.2. The highest BCUT2D eigenvalue weighted by Crippen LogP contribution is 2.09. The van der Waals surface area contributed by atoms with Crippen LogP contribution < -0.4 is 5.32 Å². The molecular weight excluding hydrogens is 346 g/mol. The molecule has 0 saturated heterocycles. The number of esters is 1. The molecule has 0 bridgehead atoms. The Morgan fingerprint density at radius 3 is 2.26 bits per heavy atom. The largest absolute Gasteiger partial charge is 0.460 e. The Morgan fingerprint density at radius 2 is 1.63 bits per heavy atom. The van der Waals surface area contributed by atoms with Crippen LogP contribution in [0.4, 0.5) is 4.79 Å². The summed E-state index contributed by atoms with van der Waals surface area (Å²) in [6, 6.07) is 16.4. The minimum atomic E-state index is -1.04. The number of carbonyl (C=O) groups is 3. The zero-order valence-electron chi connectivity index (χ0n) is 15.2. The molecule has 0 unspecified atom stereocenters. The number of alkyl carbamates (subject to hydrolysis) is 1. The Balaban J connectivity index is 2.13. The van der Waals surface area contributed by atoms with Crippen molar-refractivity contribution in [2.24, 2.45) is 0 Å². The molecule has 0 aliphatic heterocycles. The van der Waals surface area contributed by atoms with Gasteiger partial charge < -0.3 is 9.47 Å². The van der Waals surface area contributed by atoms with Crippen LogP contribution in [0.1, 0.15) is 23.6 Å². The summed E-state index contributed by atoms with van der Waals surface area (Å²) in [5, 5.41) is 2.34. The van der Waals surface area contributed by atoms with E-state index in [1.54, 1.807) is 31.2 Å². The molecule has 1 amide bonds. The second-order valence-corrected chi connectivity index (χ2v) is 5.71. The normalized spacial score (nSPS) is 10.8. The van der Waals surface area contributed by atoms with Gasteiger partial charge in [0.1, 0.15) is 6.61 Å². The molecule has 0 fully saturated rings. The van der Waals surface area contributed by atoms with Crippen molar-refractivity contribution in [3.05, 3.63) is 77.0 Å². The van der Waals surface area contributed by atoms with E-state index in [0.29, 0.717) is 5.56 Å². The van der Waals surface area contributed by atoms with Crippen LogP contribution >= 0.6 is 0 Å². The number of aryl methyl sites for hydroxylation is 1. The van der Waals surface area contributed by atoms with Gasteiger partial charge in [-0.25, -0.2) is 9.59 Å². The molecule has 27 heavy (non-hydrogen) atoms. The van der Waals surface area contributed by atoms with Gasteiger partial charge in [0, 0.05) is 0 Å². The first-order valence-electron chi connectivity index (χ1n) is 8.47. The topological polar surface area (TPSA) is 81.7 Å². The molecule has 0 atom stereocenters. The molecule has 6 nitrogen and oxygen atoms in total. The fourth-order valence-corrected chi connectivity index (χ4v) is 2.16. The highest BCUT2D eigenvalue weighted by atomic mass is 16.5. The van der Waals surface area contributed by atoms with E-state index in [2.05, 4.69) is 5.32 Å². The van der Waals surface area contributed by atoms with Crippen LogP contribution in [0.5, 0.6) is 0 Å². The lowest BCUT2D eigenvalue weighted by Gasteiger charge is -2.10. The lowest BCUT2D eigenvalue weighted by atomic mass is 10.1. The maximum atomic E-state index is 12.3. The van der Waals surface area contributed by atoms with E-state index in [9.17, 15) is 14.4 Å². The summed E-state index contributed by atoms with van der Waals surface area (Å²) in [5.41, 5.74) is 2.28. The number of ketones is 1. The molecule has 0 aromatic heterocycles. The summed E-state index contributed by atoms with van der Waals surface area (Å²) in [7, 11) is 0. The van der Waals surface area contributed by atoms with Gasteiger partial charge in [0.2, 0.25) is 0 Å². The summed E-state index contributed by atoms with van der Waals surface area (Å²) >= 11 is 0. The molecule has 6 heteroatoms. The summed E-state index contributed by atoms with van der Waals surface area (Å²) in [6.07, 6.45) is 0.567. The first kappa shape index (κ1) is 19.9. The van der Waals surface area contributed by atoms with Gasteiger partial charge in [-0.05, 0) is 31.1 Å². The number of hydrogen-bond donors (Lipinski definition) is 1. The number of nitrogens with one attached hydrogen (secondary N) is 1. The number of ether oxygens (including phenoxy) is 2. The molecule has 140 valence electrons. The third kappa shape index (κ3) is 6.43. The van der Waals surface area contributed by atoms with Crippen molar-refractivity contribution in [2.75, 3.05) is 6.61 Å². The van der Waals surface area contributed by atoms with Crippen molar-refractivity contribution in [3.8, 4) is 0 Å². The van der Waals surface area contributed by atoms with Gasteiger partial charge in [-0.2, -0.15) is 0 Å². The first-order chi connectivity index (χ1) is 13.0. The number of Topliss-reactive ketones (excluding diaryl/α,β-unsaturated/α-hetero) is 1.